The van der Waals surface area contributed by atoms with E-state index < -0.39 is 0 Å². The van der Waals surface area contributed by atoms with Crippen LogP contribution in [0.4, 0.5) is 5.95 Å². The van der Waals surface area contributed by atoms with Crippen LogP contribution in [0.1, 0.15) is 5.69 Å². The SMILES string of the molecule is Cc1c(-c2ccc(Cl)s2)nc(N)n1C. The molecule has 2 N–H and O–H groups in total. The Labute approximate surface area is 91.1 Å². The molecule has 0 aliphatic carbocycles. The summed E-state index contributed by atoms with van der Waals surface area (Å²) in [5, 5.41) is 0. The Morgan fingerprint density at radius 3 is 2.64 bits per heavy atom. The van der Waals surface area contributed by atoms with Crippen molar-refractivity contribution in [2.75, 3.05) is 5.73 Å². The summed E-state index contributed by atoms with van der Waals surface area (Å²) in [4.78, 5) is 5.34. The molecule has 2 aromatic heterocycles. The van der Waals surface area contributed by atoms with E-state index in [0.29, 0.717) is 5.95 Å². The number of anilines is 1. The number of nitrogens with two attached hydrogens (primary N) is 1. The summed E-state index contributed by atoms with van der Waals surface area (Å²) in [6, 6.07) is 3.83. The van der Waals surface area contributed by atoms with Crippen molar-refractivity contribution in [3.05, 3.63) is 22.2 Å². The van der Waals surface area contributed by atoms with E-state index in [-0.39, 0.29) is 0 Å². The lowest BCUT2D eigenvalue weighted by Crippen LogP contribution is -1.97. The van der Waals surface area contributed by atoms with Gasteiger partial charge in [-0.3, -0.25) is 0 Å². The Kier molecular flexibility index (Phi) is 2.25. The summed E-state index contributed by atoms with van der Waals surface area (Å²) >= 11 is 7.37. The average Bonchev–Trinajstić information content (AvgIpc) is 2.66. The molecule has 0 atom stereocenters. The lowest BCUT2D eigenvalue weighted by atomic mass is 10.3. The molecule has 3 nitrogen and oxygen atoms in total. The average molecular weight is 228 g/mol. The van der Waals surface area contributed by atoms with Crippen molar-refractivity contribution in [1.29, 1.82) is 0 Å². The highest BCUT2D eigenvalue weighted by molar-refractivity contribution is 7.19. The minimum absolute atomic E-state index is 0.530. The van der Waals surface area contributed by atoms with Gasteiger partial charge >= 0.3 is 0 Å². The van der Waals surface area contributed by atoms with E-state index in [9.17, 15) is 0 Å². The van der Waals surface area contributed by atoms with E-state index in [1.54, 1.807) is 0 Å². The molecule has 0 saturated carbocycles. The molecule has 74 valence electrons. The van der Waals surface area contributed by atoms with Gasteiger partial charge in [0.05, 0.1) is 9.21 Å². The minimum Gasteiger partial charge on any atom is -0.369 e. The van der Waals surface area contributed by atoms with Crippen LogP contribution in [0.3, 0.4) is 0 Å². The van der Waals surface area contributed by atoms with Crippen LogP contribution in [0.25, 0.3) is 10.6 Å². The first-order valence-electron chi connectivity index (χ1n) is 4.14. The number of nitrogens with zero attached hydrogens (tertiary/aromatic N) is 2. The van der Waals surface area contributed by atoms with Gasteiger partial charge in [-0.05, 0) is 19.1 Å². The second-order valence-corrected chi connectivity index (χ2v) is 4.78. The maximum Gasteiger partial charge on any atom is 0.200 e. The number of hydrogen-bond donors (Lipinski definition) is 1. The molecular weight excluding hydrogens is 218 g/mol. The normalized spacial score (nSPS) is 10.8. The maximum atomic E-state index is 5.86. The predicted octanol–water partition coefficient (Wildman–Crippen LogP) is 2.69. The second kappa shape index (κ2) is 3.29. The fourth-order valence-corrected chi connectivity index (χ4v) is 2.36. The van der Waals surface area contributed by atoms with Crippen molar-refractivity contribution in [2.24, 2.45) is 7.05 Å². The Bertz CT molecular complexity index is 472. The van der Waals surface area contributed by atoms with E-state index in [2.05, 4.69) is 4.98 Å². The van der Waals surface area contributed by atoms with Crippen molar-refractivity contribution >= 4 is 28.9 Å². The van der Waals surface area contributed by atoms with E-state index in [1.165, 1.54) is 11.3 Å². The predicted molar refractivity (Wildman–Crippen MR) is 60.7 cm³/mol. The highest BCUT2D eigenvalue weighted by Crippen LogP contribution is 2.32. The van der Waals surface area contributed by atoms with Gasteiger partial charge in [0.25, 0.3) is 0 Å². The van der Waals surface area contributed by atoms with Gasteiger partial charge < -0.3 is 10.3 Å². The van der Waals surface area contributed by atoms with E-state index in [1.807, 2.05) is 30.7 Å². The Morgan fingerprint density at radius 1 is 1.50 bits per heavy atom. The summed E-state index contributed by atoms with van der Waals surface area (Å²) in [6.45, 7) is 1.99. The number of thiophene rings is 1. The van der Waals surface area contributed by atoms with E-state index in [4.69, 9.17) is 17.3 Å². The number of nitrogen functional groups attached to an aromatic ring is 1. The molecule has 2 rings (SSSR count). The van der Waals surface area contributed by atoms with Gasteiger partial charge in [0.15, 0.2) is 0 Å². The molecule has 2 aromatic rings. The smallest absolute Gasteiger partial charge is 0.200 e. The van der Waals surface area contributed by atoms with Gasteiger partial charge in [-0.2, -0.15) is 0 Å². The van der Waals surface area contributed by atoms with Gasteiger partial charge in [-0.1, -0.05) is 11.6 Å². The lowest BCUT2D eigenvalue weighted by Gasteiger charge is -1.96. The minimum atomic E-state index is 0.530. The summed E-state index contributed by atoms with van der Waals surface area (Å²) < 4.78 is 2.63. The monoisotopic (exact) mass is 227 g/mol. The molecule has 14 heavy (non-hydrogen) atoms. The molecular formula is C9H10ClN3S. The third-order valence-corrected chi connectivity index (χ3v) is 3.46. The van der Waals surface area contributed by atoms with Crippen LogP contribution in [-0.2, 0) is 7.05 Å². The van der Waals surface area contributed by atoms with Gasteiger partial charge in [-0.25, -0.2) is 4.98 Å². The van der Waals surface area contributed by atoms with Gasteiger partial charge in [0, 0.05) is 12.7 Å². The van der Waals surface area contributed by atoms with Crippen LogP contribution in [0.5, 0.6) is 0 Å². The second-order valence-electron chi connectivity index (χ2n) is 3.07. The number of hydrogen-bond acceptors (Lipinski definition) is 3. The van der Waals surface area contributed by atoms with E-state index in [0.717, 1.165) is 20.6 Å². The standard InChI is InChI=1S/C9H10ClN3S/c1-5-8(12-9(11)13(5)2)6-3-4-7(10)14-6/h3-4H,1-2H3,(H2,11,12). The first-order valence-corrected chi connectivity index (χ1v) is 5.33. The van der Waals surface area contributed by atoms with Crippen LogP contribution >= 0.6 is 22.9 Å². The van der Waals surface area contributed by atoms with Crippen molar-refractivity contribution in [3.63, 3.8) is 0 Å². The Balaban J connectivity index is 2.57. The van der Waals surface area contributed by atoms with Crippen LogP contribution in [-0.4, -0.2) is 9.55 Å². The maximum absolute atomic E-state index is 5.86. The summed E-state index contributed by atoms with van der Waals surface area (Å²) in [5.41, 5.74) is 7.68. The highest BCUT2D eigenvalue weighted by Gasteiger charge is 2.12. The molecule has 0 aromatic carbocycles. The molecule has 2 heterocycles. The molecule has 0 unspecified atom stereocenters. The number of imidazole rings is 1. The first kappa shape index (κ1) is 9.55. The van der Waals surface area contributed by atoms with Crippen molar-refractivity contribution in [1.82, 2.24) is 9.55 Å². The molecule has 0 aliphatic heterocycles. The summed E-state index contributed by atoms with van der Waals surface area (Å²) in [5.74, 6) is 0.530. The molecule has 0 bridgehead atoms. The van der Waals surface area contributed by atoms with Crippen LogP contribution in [0.2, 0.25) is 4.34 Å². The van der Waals surface area contributed by atoms with Crippen LogP contribution in [0.15, 0.2) is 12.1 Å². The van der Waals surface area contributed by atoms with Gasteiger partial charge in [0.2, 0.25) is 5.95 Å². The third kappa shape index (κ3) is 1.40. The van der Waals surface area contributed by atoms with Crippen LogP contribution in [0, 0.1) is 6.92 Å². The molecule has 0 fully saturated rings. The molecule has 5 heteroatoms. The van der Waals surface area contributed by atoms with E-state index >= 15 is 0 Å². The van der Waals surface area contributed by atoms with Gasteiger partial charge in [0.1, 0.15) is 5.69 Å². The molecule has 0 amide bonds. The molecule has 0 radical (unpaired) electrons. The molecule has 0 spiro atoms. The Morgan fingerprint density at radius 2 is 2.21 bits per heavy atom. The number of aromatic nitrogens is 2. The number of rotatable bonds is 1. The summed E-state index contributed by atoms with van der Waals surface area (Å²) in [7, 11) is 1.90. The molecule has 0 saturated heterocycles. The van der Waals surface area contributed by atoms with Crippen molar-refractivity contribution in [2.45, 2.75) is 6.92 Å². The van der Waals surface area contributed by atoms with Crippen molar-refractivity contribution in [3.8, 4) is 10.6 Å². The largest absolute Gasteiger partial charge is 0.369 e. The van der Waals surface area contributed by atoms with Crippen molar-refractivity contribution < 1.29 is 0 Å². The Hall–Kier alpha value is -1.00. The molecule has 0 aliphatic rings. The zero-order valence-corrected chi connectivity index (χ0v) is 9.49. The zero-order valence-electron chi connectivity index (χ0n) is 7.91. The van der Waals surface area contributed by atoms with Gasteiger partial charge in [-0.15, -0.1) is 11.3 Å². The first-order chi connectivity index (χ1) is 6.59. The third-order valence-electron chi connectivity index (χ3n) is 2.22. The number of halogens is 1. The summed E-state index contributed by atoms with van der Waals surface area (Å²) in [6.07, 6.45) is 0. The quantitative estimate of drug-likeness (QED) is 0.814. The highest BCUT2D eigenvalue weighted by atomic mass is 35.5. The van der Waals surface area contributed by atoms with Crippen LogP contribution < -0.4 is 5.73 Å². The lowest BCUT2D eigenvalue weighted by molar-refractivity contribution is 0.889. The topological polar surface area (TPSA) is 43.8 Å². The fraction of sp³-hybridized carbons (Fsp3) is 0.222. The zero-order chi connectivity index (χ0) is 10.3. The fourth-order valence-electron chi connectivity index (χ4n) is 1.28.